The first kappa shape index (κ1) is 23.5. The van der Waals surface area contributed by atoms with Crippen molar-refractivity contribution in [3.05, 3.63) is 83.9 Å². The van der Waals surface area contributed by atoms with Crippen molar-refractivity contribution >= 4 is 42.6 Å². The zero-order chi connectivity index (χ0) is 24.6. The minimum Gasteiger partial charge on any atom is -0.281 e. The molecule has 2 aromatic carbocycles. The van der Waals surface area contributed by atoms with Crippen molar-refractivity contribution in [2.24, 2.45) is 0 Å². The van der Waals surface area contributed by atoms with E-state index in [1.54, 1.807) is 12.3 Å². The van der Waals surface area contributed by atoms with E-state index in [0.29, 0.717) is 23.7 Å². The van der Waals surface area contributed by atoms with Gasteiger partial charge in [-0.25, -0.2) is 17.8 Å². The lowest BCUT2D eigenvalue weighted by atomic mass is 10.2. The molecule has 1 amide bonds. The third-order valence-electron chi connectivity index (χ3n) is 5.98. The fourth-order valence-electron chi connectivity index (χ4n) is 4.23. The van der Waals surface area contributed by atoms with Gasteiger partial charge in [0, 0.05) is 12.7 Å². The number of benzene rings is 2. The monoisotopic (exact) mass is 510 g/mol. The number of pyridine rings is 1. The van der Waals surface area contributed by atoms with Gasteiger partial charge >= 0.3 is 0 Å². The first-order chi connectivity index (χ1) is 16.8. The lowest BCUT2D eigenvalue weighted by molar-refractivity contribution is -0.121. The van der Waals surface area contributed by atoms with Crippen LogP contribution in [-0.4, -0.2) is 41.2 Å². The van der Waals surface area contributed by atoms with Gasteiger partial charge in [0.1, 0.15) is 11.9 Å². The van der Waals surface area contributed by atoms with Gasteiger partial charge in [0.2, 0.25) is 15.9 Å². The molecular formula is C25H23FN4O3S2. The average Bonchev–Trinajstić information content (AvgIpc) is 3.50. The Morgan fingerprint density at radius 1 is 1.17 bits per heavy atom. The van der Waals surface area contributed by atoms with Crippen LogP contribution in [0.15, 0.2) is 71.8 Å². The second kappa shape index (κ2) is 9.44. The summed E-state index contributed by atoms with van der Waals surface area (Å²) in [6.07, 6.45) is 2.59. The maximum absolute atomic E-state index is 13.9. The highest BCUT2D eigenvalue weighted by Gasteiger charge is 2.42. The number of amides is 1. The summed E-state index contributed by atoms with van der Waals surface area (Å²) >= 11 is 1.39. The number of aryl methyl sites for hydroxylation is 1. The maximum atomic E-state index is 13.9. The molecular weight excluding hydrogens is 487 g/mol. The summed E-state index contributed by atoms with van der Waals surface area (Å²) in [5, 5.41) is 0.493. The summed E-state index contributed by atoms with van der Waals surface area (Å²) in [6.45, 7) is 2.37. The Bertz CT molecular complexity index is 1470. The number of thiazole rings is 1. The number of anilines is 1. The first-order valence-corrected chi connectivity index (χ1v) is 13.4. The average molecular weight is 511 g/mol. The normalized spacial score (nSPS) is 16.6. The zero-order valence-corrected chi connectivity index (χ0v) is 20.6. The van der Waals surface area contributed by atoms with Crippen LogP contribution < -0.4 is 4.90 Å². The maximum Gasteiger partial charge on any atom is 0.247 e. The summed E-state index contributed by atoms with van der Waals surface area (Å²) in [7, 11) is -3.98. The Morgan fingerprint density at radius 3 is 2.71 bits per heavy atom. The summed E-state index contributed by atoms with van der Waals surface area (Å²) in [6, 6.07) is 15.1. The van der Waals surface area contributed by atoms with Crippen molar-refractivity contribution in [3.8, 4) is 0 Å². The van der Waals surface area contributed by atoms with Crippen LogP contribution in [0.2, 0.25) is 0 Å². The van der Waals surface area contributed by atoms with Crippen LogP contribution >= 0.6 is 11.3 Å². The lowest BCUT2D eigenvalue weighted by Crippen LogP contribution is -2.47. The number of aromatic nitrogens is 2. The van der Waals surface area contributed by atoms with E-state index in [1.165, 1.54) is 32.7 Å². The summed E-state index contributed by atoms with van der Waals surface area (Å²) in [5.74, 6) is -0.875. The Kier molecular flexibility index (Phi) is 6.35. The zero-order valence-electron chi connectivity index (χ0n) is 19.0. The Labute approximate surface area is 206 Å². The number of carbonyl (C=O) groups excluding carboxylic acids is 1. The molecule has 0 bridgehead atoms. The molecule has 1 saturated heterocycles. The highest BCUT2D eigenvalue weighted by Crippen LogP contribution is 2.34. The molecule has 5 rings (SSSR count). The lowest BCUT2D eigenvalue weighted by Gasteiger charge is -2.28. The molecule has 35 heavy (non-hydrogen) atoms. The van der Waals surface area contributed by atoms with Crippen LogP contribution in [0.3, 0.4) is 0 Å². The van der Waals surface area contributed by atoms with Crippen LogP contribution in [0, 0.1) is 12.7 Å². The van der Waals surface area contributed by atoms with E-state index < -0.39 is 21.9 Å². The van der Waals surface area contributed by atoms with E-state index in [-0.39, 0.29) is 23.9 Å². The van der Waals surface area contributed by atoms with Gasteiger partial charge < -0.3 is 0 Å². The van der Waals surface area contributed by atoms with Crippen molar-refractivity contribution in [2.75, 3.05) is 11.4 Å². The Balaban J connectivity index is 1.52. The molecule has 7 nitrogen and oxygen atoms in total. The van der Waals surface area contributed by atoms with E-state index in [2.05, 4.69) is 9.97 Å². The number of nitrogens with zero attached hydrogens (tertiary/aromatic N) is 4. The minimum atomic E-state index is -3.98. The fraction of sp³-hybridized carbons (Fsp3) is 0.240. The highest BCUT2D eigenvalue weighted by molar-refractivity contribution is 7.89. The molecule has 1 fully saturated rings. The van der Waals surface area contributed by atoms with Crippen molar-refractivity contribution in [3.63, 3.8) is 0 Å². The van der Waals surface area contributed by atoms with Gasteiger partial charge in [-0.15, -0.1) is 0 Å². The molecule has 1 unspecified atom stereocenters. The van der Waals surface area contributed by atoms with E-state index in [0.717, 1.165) is 27.9 Å². The SMILES string of the molecule is Cc1ccc2nc(N(Cc3ccccn3)C(=O)C3CCCN3S(=O)(=O)c3ccc(F)cc3)sc2c1. The fourth-order valence-corrected chi connectivity index (χ4v) is 6.94. The van der Waals surface area contributed by atoms with Crippen LogP contribution in [0.1, 0.15) is 24.1 Å². The molecule has 1 aliphatic heterocycles. The van der Waals surface area contributed by atoms with E-state index in [4.69, 9.17) is 0 Å². The summed E-state index contributed by atoms with van der Waals surface area (Å²) in [4.78, 5) is 24.5. The van der Waals surface area contributed by atoms with Gasteiger partial charge in [0.05, 0.1) is 27.4 Å². The van der Waals surface area contributed by atoms with Crippen molar-refractivity contribution in [1.29, 1.82) is 0 Å². The van der Waals surface area contributed by atoms with Gasteiger partial charge in [-0.2, -0.15) is 4.31 Å². The van der Waals surface area contributed by atoms with Gasteiger partial charge in [-0.1, -0.05) is 23.5 Å². The molecule has 10 heteroatoms. The van der Waals surface area contributed by atoms with Crippen LogP contribution in [0.4, 0.5) is 9.52 Å². The van der Waals surface area contributed by atoms with Crippen molar-refractivity contribution in [1.82, 2.24) is 14.3 Å². The van der Waals surface area contributed by atoms with Gasteiger partial charge in [0.15, 0.2) is 5.13 Å². The predicted molar refractivity (Wildman–Crippen MR) is 133 cm³/mol. The van der Waals surface area contributed by atoms with Crippen LogP contribution in [-0.2, 0) is 21.4 Å². The number of fused-ring (bicyclic) bond motifs is 1. The van der Waals surface area contributed by atoms with E-state index in [9.17, 15) is 17.6 Å². The third-order valence-corrected chi connectivity index (χ3v) is 8.95. The first-order valence-electron chi connectivity index (χ1n) is 11.2. The summed E-state index contributed by atoms with van der Waals surface area (Å²) < 4.78 is 42.3. The topological polar surface area (TPSA) is 83.5 Å². The van der Waals surface area contributed by atoms with Gasteiger partial charge in [-0.05, 0) is 73.9 Å². The van der Waals surface area contributed by atoms with Crippen molar-refractivity contribution in [2.45, 2.75) is 37.2 Å². The summed E-state index contributed by atoms with van der Waals surface area (Å²) in [5.41, 5.74) is 2.53. The Hall–Kier alpha value is -3.21. The highest BCUT2D eigenvalue weighted by atomic mass is 32.2. The molecule has 0 radical (unpaired) electrons. The molecule has 4 aromatic rings. The van der Waals surface area contributed by atoms with Gasteiger partial charge in [0.25, 0.3) is 0 Å². The quantitative estimate of drug-likeness (QED) is 0.381. The molecule has 2 aromatic heterocycles. The molecule has 180 valence electrons. The second-order valence-corrected chi connectivity index (χ2v) is 11.3. The van der Waals surface area contributed by atoms with E-state index >= 15 is 0 Å². The number of carbonyl (C=O) groups is 1. The van der Waals surface area contributed by atoms with Crippen molar-refractivity contribution < 1.29 is 17.6 Å². The molecule has 1 aliphatic rings. The number of hydrogen-bond donors (Lipinski definition) is 0. The van der Waals surface area contributed by atoms with E-state index in [1.807, 2.05) is 37.3 Å². The van der Waals surface area contributed by atoms with Crippen LogP contribution in [0.25, 0.3) is 10.2 Å². The second-order valence-electron chi connectivity index (χ2n) is 8.44. The number of halogens is 1. The molecule has 0 spiro atoms. The molecule has 0 saturated carbocycles. The third kappa shape index (κ3) is 4.69. The number of rotatable bonds is 6. The smallest absolute Gasteiger partial charge is 0.247 e. The molecule has 0 aliphatic carbocycles. The van der Waals surface area contributed by atoms with Crippen LogP contribution in [0.5, 0.6) is 0 Å². The molecule has 1 atom stereocenters. The molecule has 3 heterocycles. The standard InChI is InChI=1S/C25H23FN4O3S2/c1-17-7-12-21-23(15-17)34-25(28-21)29(16-19-5-2-3-13-27-19)24(31)22-6-4-14-30(22)35(32,33)20-10-8-18(26)9-11-20/h2-3,5,7-13,15,22H,4,6,14,16H2,1H3. The molecule has 0 N–H and O–H groups in total. The Morgan fingerprint density at radius 2 is 1.97 bits per heavy atom. The van der Waals surface area contributed by atoms with Gasteiger partial charge in [-0.3, -0.25) is 14.7 Å². The predicted octanol–water partition coefficient (Wildman–Crippen LogP) is 4.53. The number of sulfonamides is 1. The largest absolute Gasteiger partial charge is 0.281 e. The number of hydrogen-bond acceptors (Lipinski definition) is 6. The minimum absolute atomic E-state index is 0.0367.